The second-order valence-electron chi connectivity index (χ2n) is 10.7. The van der Waals surface area contributed by atoms with Crippen molar-refractivity contribution >= 4 is 0 Å². The molecule has 0 saturated carbocycles. The maximum Gasteiger partial charge on any atom is 0.00641 e. The Morgan fingerprint density at radius 2 is 0.857 bits per heavy atom. The molecule has 0 heteroatoms. The lowest BCUT2D eigenvalue weighted by molar-refractivity contribution is 0.492. The standard InChI is InChI=1S/C35H40/c1-7-35(5,6)34-32(26(3)29-19-13-9-14-20-29)23-31(25(2)28-17-11-8-12-18-28)24-33(34)27(4)30-21-15-10-16-22-30/h8-27H,7H2,1-6H3. The summed E-state index contributed by atoms with van der Waals surface area (Å²) in [5.41, 5.74) is 10.1. The molecule has 0 aliphatic heterocycles. The van der Waals surface area contributed by atoms with E-state index in [0.29, 0.717) is 17.8 Å². The first kappa shape index (κ1) is 25.0. The van der Waals surface area contributed by atoms with Crippen LogP contribution in [-0.4, -0.2) is 0 Å². The molecule has 0 radical (unpaired) electrons. The number of hydrogen-bond donors (Lipinski definition) is 0. The van der Waals surface area contributed by atoms with Crippen molar-refractivity contribution in [1.82, 2.24) is 0 Å². The van der Waals surface area contributed by atoms with Crippen LogP contribution in [0.15, 0.2) is 103 Å². The number of benzene rings is 4. The lowest BCUT2D eigenvalue weighted by Gasteiger charge is -2.35. The minimum absolute atomic E-state index is 0.0747. The summed E-state index contributed by atoms with van der Waals surface area (Å²) in [7, 11) is 0. The zero-order valence-electron chi connectivity index (χ0n) is 22.3. The Balaban J connectivity index is 2.00. The third kappa shape index (κ3) is 5.27. The van der Waals surface area contributed by atoms with Crippen LogP contribution in [0, 0.1) is 0 Å². The smallest absolute Gasteiger partial charge is 0.00641 e. The number of rotatable bonds is 8. The van der Waals surface area contributed by atoms with Gasteiger partial charge in [0.1, 0.15) is 0 Å². The zero-order valence-corrected chi connectivity index (χ0v) is 22.3. The Morgan fingerprint density at radius 1 is 0.514 bits per heavy atom. The van der Waals surface area contributed by atoms with E-state index in [-0.39, 0.29) is 5.41 Å². The van der Waals surface area contributed by atoms with Crippen molar-refractivity contribution in [3.05, 3.63) is 142 Å². The van der Waals surface area contributed by atoms with E-state index in [1.54, 1.807) is 0 Å². The zero-order chi connectivity index (χ0) is 25.0. The van der Waals surface area contributed by atoms with Gasteiger partial charge in [-0.2, -0.15) is 0 Å². The molecular formula is C35H40. The summed E-state index contributed by atoms with van der Waals surface area (Å²) in [5.74, 6) is 0.974. The highest BCUT2D eigenvalue weighted by atomic mass is 14.3. The fraction of sp³-hybridized carbons (Fsp3) is 0.314. The van der Waals surface area contributed by atoms with Crippen molar-refractivity contribution in [1.29, 1.82) is 0 Å². The summed E-state index contributed by atoms with van der Waals surface area (Å²) in [5, 5.41) is 0. The van der Waals surface area contributed by atoms with Gasteiger partial charge in [0, 0.05) is 17.8 Å². The molecule has 0 nitrogen and oxygen atoms in total. The van der Waals surface area contributed by atoms with Crippen LogP contribution in [0.3, 0.4) is 0 Å². The molecule has 0 bridgehead atoms. The van der Waals surface area contributed by atoms with Gasteiger partial charge in [-0.05, 0) is 50.8 Å². The van der Waals surface area contributed by atoms with Crippen molar-refractivity contribution in [2.75, 3.05) is 0 Å². The summed E-state index contributed by atoms with van der Waals surface area (Å²) in [6.45, 7) is 14.3. The first-order valence-corrected chi connectivity index (χ1v) is 13.2. The van der Waals surface area contributed by atoms with Gasteiger partial charge in [-0.1, -0.05) is 145 Å². The summed E-state index contributed by atoms with van der Waals surface area (Å²) < 4.78 is 0. The van der Waals surface area contributed by atoms with Gasteiger partial charge in [0.15, 0.2) is 0 Å². The van der Waals surface area contributed by atoms with Crippen LogP contribution in [-0.2, 0) is 5.41 Å². The van der Waals surface area contributed by atoms with Crippen LogP contribution in [0.1, 0.15) is 105 Å². The van der Waals surface area contributed by atoms with Gasteiger partial charge < -0.3 is 0 Å². The second kappa shape index (κ2) is 10.6. The van der Waals surface area contributed by atoms with Gasteiger partial charge in [0.25, 0.3) is 0 Å². The second-order valence-corrected chi connectivity index (χ2v) is 10.7. The highest BCUT2D eigenvalue weighted by Crippen LogP contribution is 2.44. The quantitative estimate of drug-likeness (QED) is 0.245. The minimum Gasteiger partial charge on any atom is -0.0646 e. The summed E-state index contributed by atoms with van der Waals surface area (Å²) >= 11 is 0. The van der Waals surface area contributed by atoms with Crippen molar-refractivity contribution < 1.29 is 0 Å². The maximum absolute atomic E-state index is 2.52. The fourth-order valence-corrected chi connectivity index (χ4v) is 5.38. The van der Waals surface area contributed by atoms with E-state index in [1.165, 1.54) is 38.9 Å². The Bertz CT molecular complexity index is 1150. The molecule has 0 amide bonds. The molecule has 4 rings (SSSR count). The van der Waals surface area contributed by atoms with Crippen molar-refractivity contribution in [3.8, 4) is 0 Å². The normalized spacial score (nSPS) is 14.3. The van der Waals surface area contributed by atoms with E-state index in [2.05, 4.69) is 145 Å². The third-order valence-corrected chi connectivity index (χ3v) is 8.11. The molecule has 35 heavy (non-hydrogen) atoms. The van der Waals surface area contributed by atoms with E-state index in [9.17, 15) is 0 Å². The third-order valence-electron chi connectivity index (χ3n) is 8.11. The monoisotopic (exact) mass is 460 g/mol. The SMILES string of the molecule is CCC(C)(C)c1c(C(C)c2ccccc2)cc(C(C)c2ccccc2)cc1C(C)c1ccccc1. The Hall–Kier alpha value is -3.12. The van der Waals surface area contributed by atoms with E-state index in [4.69, 9.17) is 0 Å². The molecule has 4 aromatic carbocycles. The highest BCUT2D eigenvalue weighted by molar-refractivity contribution is 5.53. The van der Waals surface area contributed by atoms with E-state index >= 15 is 0 Å². The fourth-order valence-electron chi connectivity index (χ4n) is 5.38. The minimum atomic E-state index is 0.0747. The van der Waals surface area contributed by atoms with Crippen molar-refractivity contribution in [2.24, 2.45) is 0 Å². The van der Waals surface area contributed by atoms with Crippen LogP contribution in [0.2, 0.25) is 0 Å². The Morgan fingerprint density at radius 3 is 1.20 bits per heavy atom. The molecule has 3 atom stereocenters. The van der Waals surface area contributed by atoms with Crippen LogP contribution in [0.5, 0.6) is 0 Å². The predicted octanol–water partition coefficient (Wildman–Crippen LogP) is 9.83. The first-order valence-electron chi connectivity index (χ1n) is 13.2. The number of hydrogen-bond acceptors (Lipinski definition) is 0. The largest absolute Gasteiger partial charge is 0.0646 e. The van der Waals surface area contributed by atoms with Gasteiger partial charge in [0.05, 0.1) is 0 Å². The van der Waals surface area contributed by atoms with Crippen LogP contribution < -0.4 is 0 Å². The van der Waals surface area contributed by atoms with Gasteiger partial charge >= 0.3 is 0 Å². The van der Waals surface area contributed by atoms with E-state index in [1.807, 2.05) is 0 Å². The molecule has 4 aromatic rings. The summed E-state index contributed by atoms with van der Waals surface area (Å²) in [6.07, 6.45) is 1.10. The van der Waals surface area contributed by atoms with Gasteiger partial charge in [-0.25, -0.2) is 0 Å². The average molecular weight is 461 g/mol. The van der Waals surface area contributed by atoms with Crippen molar-refractivity contribution in [3.63, 3.8) is 0 Å². The molecule has 0 fully saturated rings. The lowest BCUT2D eigenvalue weighted by atomic mass is 9.69. The van der Waals surface area contributed by atoms with Gasteiger partial charge in [0.2, 0.25) is 0 Å². The van der Waals surface area contributed by atoms with E-state index < -0.39 is 0 Å². The topological polar surface area (TPSA) is 0 Å². The van der Waals surface area contributed by atoms with Crippen molar-refractivity contribution in [2.45, 2.75) is 71.1 Å². The van der Waals surface area contributed by atoms with Gasteiger partial charge in [-0.15, -0.1) is 0 Å². The van der Waals surface area contributed by atoms with Crippen LogP contribution in [0.4, 0.5) is 0 Å². The molecule has 0 N–H and O–H groups in total. The predicted molar refractivity (Wildman–Crippen MR) is 152 cm³/mol. The molecular weight excluding hydrogens is 420 g/mol. The molecule has 3 unspecified atom stereocenters. The van der Waals surface area contributed by atoms with Gasteiger partial charge in [-0.3, -0.25) is 0 Å². The molecule has 180 valence electrons. The van der Waals surface area contributed by atoms with Crippen LogP contribution in [0.25, 0.3) is 0 Å². The Kier molecular flexibility index (Phi) is 7.60. The molecule has 0 spiro atoms. The lowest BCUT2D eigenvalue weighted by Crippen LogP contribution is -2.23. The molecule has 0 heterocycles. The molecule has 0 aliphatic rings. The first-order chi connectivity index (χ1) is 16.8. The Labute approximate surface area is 213 Å². The summed E-state index contributed by atoms with van der Waals surface area (Å²) in [4.78, 5) is 0. The maximum atomic E-state index is 2.52. The molecule has 0 aliphatic carbocycles. The summed E-state index contributed by atoms with van der Waals surface area (Å²) in [6, 6.07) is 38.0. The molecule has 0 aromatic heterocycles. The molecule has 0 saturated heterocycles. The van der Waals surface area contributed by atoms with E-state index in [0.717, 1.165) is 6.42 Å². The average Bonchev–Trinajstić information content (AvgIpc) is 2.92. The van der Waals surface area contributed by atoms with Crippen LogP contribution >= 0.6 is 0 Å². The highest BCUT2D eigenvalue weighted by Gasteiger charge is 2.31.